The van der Waals surface area contributed by atoms with Crippen molar-refractivity contribution in [1.29, 1.82) is 0 Å². The minimum atomic E-state index is -4.60. The SMILES string of the molecule is CC1CCN=C(Sc2nc3ccccc3n3c(C(F)(F)F)nnc23)S1. The second-order valence-electron chi connectivity index (χ2n) is 5.55. The Hall–Kier alpha value is -1.81. The summed E-state index contributed by atoms with van der Waals surface area (Å²) in [4.78, 5) is 8.94. The predicted molar refractivity (Wildman–Crippen MR) is 93.1 cm³/mol. The molecule has 0 spiro atoms. The molecule has 3 heterocycles. The van der Waals surface area contributed by atoms with Gasteiger partial charge in [0.05, 0.1) is 11.0 Å². The van der Waals surface area contributed by atoms with E-state index in [-0.39, 0.29) is 5.65 Å². The van der Waals surface area contributed by atoms with E-state index in [1.807, 2.05) is 0 Å². The number of rotatable bonds is 1. The van der Waals surface area contributed by atoms with E-state index in [9.17, 15) is 13.2 Å². The zero-order valence-corrected chi connectivity index (χ0v) is 14.6. The molecule has 5 nitrogen and oxygen atoms in total. The molecule has 25 heavy (non-hydrogen) atoms. The lowest BCUT2D eigenvalue weighted by atomic mass is 10.3. The van der Waals surface area contributed by atoms with E-state index < -0.39 is 12.0 Å². The molecule has 0 fully saturated rings. The molecule has 1 aromatic carbocycles. The summed E-state index contributed by atoms with van der Waals surface area (Å²) >= 11 is 2.85. The molecular formula is C15H12F3N5S2. The van der Waals surface area contributed by atoms with Gasteiger partial charge in [0, 0.05) is 11.8 Å². The van der Waals surface area contributed by atoms with Crippen LogP contribution in [0.5, 0.6) is 0 Å². The molecule has 1 aliphatic rings. The van der Waals surface area contributed by atoms with Gasteiger partial charge in [0.2, 0.25) is 5.82 Å². The van der Waals surface area contributed by atoms with Crippen LogP contribution in [-0.2, 0) is 6.18 Å². The van der Waals surface area contributed by atoms with Crippen LogP contribution < -0.4 is 0 Å². The third kappa shape index (κ3) is 3.08. The predicted octanol–water partition coefficient (Wildman–Crippen LogP) is 4.27. The summed E-state index contributed by atoms with van der Waals surface area (Å²) in [6.07, 6.45) is -3.62. The van der Waals surface area contributed by atoms with E-state index >= 15 is 0 Å². The third-order valence-electron chi connectivity index (χ3n) is 3.72. The molecule has 0 saturated heterocycles. The Kier molecular flexibility index (Phi) is 4.11. The van der Waals surface area contributed by atoms with E-state index in [0.29, 0.717) is 27.9 Å². The van der Waals surface area contributed by atoms with Gasteiger partial charge in [-0.05, 0) is 30.3 Å². The van der Waals surface area contributed by atoms with Gasteiger partial charge in [0.1, 0.15) is 9.40 Å². The van der Waals surface area contributed by atoms with E-state index in [2.05, 4.69) is 27.1 Å². The van der Waals surface area contributed by atoms with Gasteiger partial charge in [-0.2, -0.15) is 13.2 Å². The molecule has 10 heteroatoms. The smallest absolute Gasteiger partial charge is 0.271 e. The Morgan fingerprint density at radius 1 is 1.24 bits per heavy atom. The summed E-state index contributed by atoms with van der Waals surface area (Å²) in [6, 6.07) is 6.66. The molecule has 0 saturated carbocycles. The molecule has 130 valence electrons. The van der Waals surface area contributed by atoms with Crippen molar-refractivity contribution in [1.82, 2.24) is 19.6 Å². The number of halogens is 3. The van der Waals surface area contributed by atoms with Gasteiger partial charge in [-0.3, -0.25) is 9.39 Å². The Morgan fingerprint density at radius 3 is 2.80 bits per heavy atom. The maximum absolute atomic E-state index is 13.3. The largest absolute Gasteiger partial charge is 0.452 e. The average Bonchev–Trinajstić information content (AvgIpc) is 3.01. The number of fused-ring (bicyclic) bond motifs is 3. The molecule has 0 bridgehead atoms. The average molecular weight is 383 g/mol. The molecule has 0 N–H and O–H groups in total. The van der Waals surface area contributed by atoms with Crippen LogP contribution >= 0.6 is 23.5 Å². The third-order valence-corrected chi connectivity index (χ3v) is 5.99. The molecule has 1 atom stereocenters. The summed E-state index contributed by atoms with van der Waals surface area (Å²) in [5.41, 5.74) is 0.876. The van der Waals surface area contributed by atoms with Crippen LogP contribution in [0, 0.1) is 0 Å². The van der Waals surface area contributed by atoms with Crippen molar-refractivity contribution in [2.45, 2.75) is 29.8 Å². The zero-order valence-electron chi connectivity index (χ0n) is 13.0. The summed E-state index contributed by atoms with van der Waals surface area (Å²) in [5.74, 6) is -1.05. The van der Waals surface area contributed by atoms with Crippen LogP contribution in [0.2, 0.25) is 0 Å². The lowest BCUT2D eigenvalue weighted by Gasteiger charge is -2.17. The zero-order chi connectivity index (χ0) is 17.6. The summed E-state index contributed by atoms with van der Waals surface area (Å²) < 4.78 is 41.8. The number of thioether (sulfide) groups is 2. The van der Waals surface area contributed by atoms with Crippen molar-refractivity contribution in [3.8, 4) is 0 Å². The second kappa shape index (κ2) is 6.17. The molecule has 2 aromatic heterocycles. The fourth-order valence-corrected chi connectivity index (χ4v) is 4.90. The van der Waals surface area contributed by atoms with Gasteiger partial charge in [-0.15, -0.1) is 10.2 Å². The highest BCUT2D eigenvalue weighted by Crippen LogP contribution is 2.36. The van der Waals surface area contributed by atoms with Crippen molar-refractivity contribution < 1.29 is 13.2 Å². The molecule has 1 unspecified atom stereocenters. The van der Waals surface area contributed by atoms with Crippen LogP contribution in [0.25, 0.3) is 16.7 Å². The fraction of sp³-hybridized carbons (Fsp3) is 0.333. The van der Waals surface area contributed by atoms with Crippen molar-refractivity contribution >= 4 is 44.6 Å². The molecule has 0 radical (unpaired) electrons. The Labute approximate surface area is 149 Å². The minimum Gasteiger partial charge on any atom is -0.271 e. The number of benzene rings is 1. The number of hydrogen-bond acceptors (Lipinski definition) is 6. The first-order valence-electron chi connectivity index (χ1n) is 7.53. The topological polar surface area (TPSA) is 55.4 Å². The van der Waals surface area contributed by atoms with Gasteiger partial charge in [0.15, 0.2) is 5.65 Å². The first-order chi connectivity index (χ1) is 11.9. The van der Waals surface area contributed by atoms with Gasteiger partial charge in [-0.1, -0.05) is 30.8 Å². The lowest BCUT2D eigenvalue weighted by molar-refractivity contribution is -0.145. The summed E-state index contributed by atoms with van der Waals surface area (Å²) in [6.45, 7) is 2.81. The monoisotopic (exact) mass is 383 g/mol. The quantitative estimate of drug-likeness (QED) is 0.628. The normalized spacial score (nSPS) is 18.7. The first kappa shape index (κ1) is 16.6. The lowest BCUT2D eigenvalue weighted by Crippen LogP contribution is -2.12. The van der Waals surface area contributed by atoms with Crippen LogP contribution in [0.15, 0.2) is 34.3 Å². The van der Waals surface area contributed by atoms with Gasteiger partial charge in [-0.25, -0.2) is 4.98 Å². The van der Waals surface area contributed by atoms with E-state index in [0.717, 1.165) is 15.2 Å². The first-order valence-corrected chi connectivity index (χ1v) is 9.23. The fourth-order valence-electron chi connectivity index (χ4n) is 2.56. The van der Waals surface area contributed by atoms with Gasteiger partial charge >= 0.3 is 6.18 Å². The van der Waals surface area contributed by atoms with Crippen LogP contribution in [0.3, 0.4) is 0 Å². The van der Waals surface area contributed by atoms with Crippen molar-refractivity contribution in [2.24, 2.45) is 4.99 Å². The highest BCUT2D eigenvalue weighted by atomic mass is 32.2. The maximum Gasteiger partial charge on any atom is 0.452 e. The number of aromatic nitrogens is 4. The highest BCUT2D eigenvalue weighted by molar-refractivity contribution is 8.39. The van der Waals surface area contributed by atoms with E-state index in [1.165, 1.54) is 11.8 Å². The molecule has 0 aliphatic carbocycles. The van der Waals surface area contributed by atoms with Crippen molar-refractivity contribution in [2.75, 3.05) is 6.54 Å². The molecular weight excluding hydrogens is 371 g/mol. The van der Waals surface area contributed by atoms with Gasteiger partial charge < -0.3 is 0 Å². The van der Waals surface area contributed by atoms with Crippen molar-refractivity contribution in [3.63, 3.8) is 0 Å². The summed E-state index contributed by atoms with van der Waals surface area (Å²) in [5, 5.41) is 7.93. The Bertz CT molecular complexity index is 982. The van der Waals surface area contributed by atoms with E-state index in [1.54, 1.807) is 36.0 Å². The van der Waals surface area contributed by atoms with Crippen LogP contribution in [-0.4, -0.2) is 35.8 Å². The van der Waals surface area contributed by atoms with Crippen molar-refractivity contribution in [3.05, 3.63) is 30.1 Å². The number of aliphatic imine (C=N–C) groups is 1. The minimum absolute atomic E-state index is 0.0950. The number of nitrogens with zero attached hydrogens (tertiary/aromatic N) is 5. The van der Waals surface area contributed by atoms with Gasteiger partial charge in [0.25, 0.3) is 0 Å². The second-order valence-corrected chi connectivity index (χ2v) is 8.22. The van der Waals surface area contributed by atoms with Crippen LogP contribution in [0.4, 0.5) is 13.2 Å². The standard InChI is InChI=1S/C15H12F3N5S2/c1-8-6-7-19-14(24-8)25-12-11-21-22-13(15(16,17)18)23(11)10-5-3-2-4-9(10)20-12/h2-5,8H,6-7H2,1H3. The molecule has 1 aliphatic heterocycles. The number of hydrogen-bond donors (Lipinski definition) is 0. The molecule has 0 amide bonds. The molecule has 3 aromatic rings. The van der Waals surface area contributed by atoms with E-state index in [4.69, 9.17) is 0 Å². The number of alkyl halides is 3. The highest BCUT2D eigenvalue weighted by Gasteiger charge is 2.38. The van der Waals surface area contributed by atoms with Crippen LogP contribution in [0.1, 0.15) is 19.2 Å². The Balaban J connectivity index is 1.92. The maximum atomic E-state index is 13.3. The number of para-hydroxylation sites is 2. The molecule has 4 rings (SSSR count). The Morgan fingerprint density at radius 2 is 2.04 bits per heavy atom. The summed E-state index contributed by atoms with van der Waals surface area (Å²) in [7, 11) is 0.